The SMILES string of the molecule is O=C(O)CCCC=CC[C@H]1[C@H](NS(=O)(=O)c2cc(Cl)cc(Cl)c2O)[C@@H]2C[C@@]1(c1ccc(-c3ccccc3)cc1)CO2. The number of ether oxygens (including phenoxy) is 1. The van der Waals surface area contributed by atoms with Crippen molar-refractivity contribution in [3.63, 3.8) is 0 Å². The molecule has 0 radical (unpaired) electrons. The lowest BCUT2D eigenvalue weighted by atomic mass is 9.70. The minimum atomic E-state index is -4.21. The predicted molar refractivity (Wildman–Crippen MR) is 159 cm³/mol. The highest BCUT2D eigenvalue weighted by molar-refractivity contribution is 7.89. The average Bonchev–Trinajstić information content (AvgIpc) is 3.51. The zero-order valence-corrected chi connectivity index (χ0v) is 24.5. The summed E-state index contributed by atoms with van der Waals surface area (Å²) in [7, 11) is -4.21. The van der Waals surface area contributed by atoms with E-state index in [9.17, 15) is 18.3 Å². The van der Waals surface area contributed by atoms with E-state index in [4.69, 9.17) is 33.0 Å². The Kier molecular flexibility index (Phi) is 8.78. The molecule has 41 heavy (non-hydrogen) atoms. The highest BCUT2D eigenvalue weighted by Gasteiger charge is 2.60. The fourth-order valence-electron chi connectivity index (χ4n) is 6.12. The molecule has 5 rings (SSSR count). The Morgan fingerprint density at radius 3 is 2.46 bits per heavy atom. The van der Waals surface area contributed by atoms with Crippen molar-refractivity contribution >= 4 is 39.2 Å². The summed E-state index contributed by atoms with van der Waals surface area (Å²) in [5, 5.41) is 19.3. The van der Waals surface area contributed by atoms with Crippen LogP contribution in [0.15, 0.2) is 83.8 Å². The number of sulfonamides is 1. The summed E-state index contributed by atoms with van der Waals surface area (Å²) in [5.74, 6) is -1.56. The molecule has 3 aromatic rings. The number of carboxylic acids is 1. The predicted octanol–water partition coefficient (Wildman–Crippen LogP) is 6.57. The van der Waals surface area contributed by atoms with E-state index in [1.807, 2.05) is 30.4 Å². The van der Waals surface area contributed by atoms with Crippen LogP contribution in [0.2, 0.25) is 10.0 Å². The van der Waals surface area contributed by atoms with E-state index >= 15 is 0 Å². The molecule has 0 unspecified atom stereocenters. The van der Waals surface area contributed by atoms with Gasteiger partial charge in [0, 0.05) is 16.9 Å². The monoisotopic (exact) mass is 615 g/mol. The number of fused-ring (bicyclic) bond motifs is 2. The number of unbranched alkanes of at least 4 members (excludes halogenated alkanes) is 1. The number of rotatable bonds is 11. The molecular formula is C31H31Cl2NO6S. The first kappa shape index (κ1) is 29.6. The van der Waals surface area contributed by atoms with Crippen molar-refractivity contribution in [2.75, 3.05) is 6.61 Å². The zero-order valence-electron chi connectivity index (χ0n) is 22.2. The van der Waals surface area contributed by atoms with Crippen molar-refractivity contribution in [2.24, 2.45) is 5.92 Å². The summed E-state index contributed by atoms with van der Waals surface area (Å²) in [4.78, 5) is 10.5. The lowest BCUT2D eigenvalue weighted by molar-refractivity contribution is -0.137. The van der Waals surface area contributed by atoms with Gasteiger partial charge in [0.05, 0.1) is 23.8 Å². The maximum Gasteiger partial charge on any atom is 0.303 e. The molecule has 4 atom stereocenters. The molecule has 2 aliphatic rings. The lowest BCUT2D eigenvalue weighted by Gasteiger charge is -2.39. The van der Waals surface area contributed by atoms with Crippen molar-refractivity contribution < 1.29 is 28.2 Å². The molecule has 3 N–H and O–H groups in total. The third-order valence-corrected chi connectivity index (χ3v) is 10.1. The number of carboxylic acid groups (broad SMARTS) is 1. The second-order valence-corrected chi connectivity index (χ2v) is 13.2. The van der Waals surface area contributed by atoms with Crippen molar-refractivity contribution in [3.05, 3.63) is 94.5 Å². The topological polar surface area (TPSA) is 113 Å². The van der Waals surface area contributed by atoms with Gasteiger partial charge in [-0.05, 0) is 60.4 Å². The molecule has 1 aliphatic carbocycles. The van der Waals surface area contributed by atoms with Crippen molar-refractivity contribution in [3.8, 4) is 16.9 Å². The zero-order chi connectivity index (χ0) is 29.2. The molecular weight excluding hydrogens is 585 g/mol. The number of benzene rings is 3. The van der Waals surface area contributed by atoms with E-state index in [1.54, 1.807) is 0 Å². The summed E-state index contributed by atoms with van der Waals surface area (Å²) in [5.41, 5.74) is 2.82. The van der Waals surface area contributed by atoms with Gasteiger partial charge in [-0.15, -0.1) is 0 Å². The van der Waals surface area contributed by atoms with Crippen molar-refractivity contribution in [1.82, 2.24) is 4.72 Å². The van der Waals surface area contributed by atoms with E-state index in [0.717, 1.165) is 16.7 Å². The normalized spacial score (nSPS) is 23.8. The highest BCUT2D eigenvalue weighted by Crippen LogP contribution is 2.54. The summed E-state index contributed by atoms with van der Waals surface area (Å²) in [6.45, 7) is 0.451. The lowest BCUT2D eigenvalue weighted by Crippen LogP contribution is -2.51. The van der Waals surface area contributed by atoms with Gasteiger partial charge in [-0.2, -0.15) is 0 Å². The minimum Gasteiger partial charge on any atom is -0.505 e. The first-order valence-electron chi connectivity index (χ1n) is 13.5. The first-order chi connectivity index (χ1) is 19.6. The van der Waals surface area contributed by atoms with Crippen LogP contribution in [0, 0.1) is 5.92 Å². The number of hydrogen-bond donors (Lipinski definition) is 3. The van der Waals surface area contributed by atoms with E-state index in [-0.39, 0.29) is 33.4 Å². The number of aromatic hydroxyl groups is 1. The summed E-state index contributed by atoms with van der Waals surface area (Å²) >= 11 is 12.1. The Hall–Kier alpha value is -2.88. The van der Waals surface area contributed by atoms with Crippen LogP contribution < -0.4 is 4.72 Å². The van der Waals surface area contributed by atoms with Gasteiger partial charge in [-0.3, -0.25) is 4.79 Å². The molecule has 1 saturated heterocycles. The number of halogens is 2. The highest BCUT2D eigenvalue weighted by atomic mass is 35.5. The van der Waals surface area contributed by atoms with E-state index in [0.29, 0.717) is 32.3 Å². The number of phenolic OH excluding ortho intramolecular Hbond substituents is 1. The molecule has 0 amide bonds. The minimum absolute atomic E-state index is 0.0909. The number of aliphatic carboxylic acids is 1. The molecule has 10 heteroatoms. The molecule has 2 bridgehead atoms. The fourth-order valence-corrected chi connectivity index (χ4v) is 8.18. The van der Waals surface area contributed by atoms with Gasteiger partial charge >= 0.3 is 5.97 Å². The van der Waals surface area contributed by atoms with Crippen LogP contribution in [0.5, 0.6) is 5.75 Å². The Morgan fingerprint density at radius 1 is 1.05 bits per heavy atom. The van der Waals surface area contributed by atoms with Crippen LogP contribution in [0.25, 0.3) is 11.1 Å². The molecule has 1 saturated carbocycles. The summed E-state index contributed by atoms with van der Waals surface area (Å²) < 4.78 is 36.1. The second kappa shape index (κ2) is 12.2. The van der Waals surface area contributed by atoms with Crippen LogP contribution in [-0.4, -0.2) is 43.4 Å². The van der Waals surface area contributed by atoms with Crippen LogP contribution >= 0.6 is 23.2 Å². The average molecular weight is 617 g/mol. The molecule has 216 valence electrons. The third-order valence-electron chi connectivity index (χ3n) is 8.12. The van der Waals surface area contributed by atoms with Gasteiger partial charge in [0.15, 0.2) is 5.75 Å². The van der Waals surface area contributed by atoms with E-state index in [1.165, 1.54) is 12.1 Å². The van der Waals surface area contributed by atoms with Gasteiger partial charge in [-0.25, -0.2) is 13.1 Å². The number of phenols is 1. The van der Waals surface area contributed by atoms with Crippen LogP contribution in [-0.2, 0) is 25.0 Å². The Labute approximate surface area is 249 Å². The van der Waals surface area contributed by atoms with Gasteiger partial charge < -0.3 is 14.9 Å². The number of nitrogens with one attached hydrogen (secondary N) is 1. The Balaban J connectivity index is 1.45. The maximum absolute atomic E-state index is 13.5. The fraction of sp³-hybridized carbons (Fsp3) is 0.323. The van der Waals surface area contributed by atoms with Gasteiger partial charge in [0.2, 0.25) is 10.0 Å². The Morgan fingerprint density at radius 2 is 1.76 bits per heavy atom. The van der Waals surface area contributed by atoms with Crippen molar-refractivity contribution in [1.29, 1.82) is 0 Å². The van der Waals surface area contributed by atoms with Crippen molar-refractivity contribution in [2.45, 2.75) is 54.6 Å². The third kappa shape index (κ3) is 6.17. The van der Waals surface area contributed by atoms with E-state index in [2.05, 4.69) is 41.1 Å². The Bertz CT molecular complexity index is 1540. The van der Waals surface area contributed by atoms with Gasteiger partial charge in [0.1, 0.15) is 4.90 Å². The quantitative estimate of drug-likeness (QED) is 0.166. The molecule has 0 spiro atoms. The second-order valence-electron chi connectivity index (χ2n) is 10.6. The molecule has 1 aliphatic heterocycles. The summed E-state index contributed by atoms with van der Waals surface area (Å²) in [6.07, 6.45) is 6.00. The first-order valence-corrected chi connectivity index (χ1v) is 15.7. The largest absolute Gasteiger partial charge is 0.505 e. The van der Waals surface area contributed by atoms with Gasteiger partial charge in [-0.1, -0.05) is 90.0 Å². The van der Waals surface area contributed by atoms with Crippen LogP contribution in [0.3, 0.4) is 0 Å². The number of carbonyl (C=O) groups is 1. The molecule has 2 fully saturated rings. The van der Waals surface area contributed by atoms with Gasteiger partial charge in [0.25, 0.3) is 0 Å². The summed E-state index contributed by atoms with van der Waals surface area (Å²) in [6, 6.07) is 20.3. The maximum atomic E-state index is 13.5. The molecule has 0 aromatic heterocycles. The number of hydrogen-bond acceptors (Lipinski definition) is 5. The van der Waals surface area contributed by atoms with Crippen LogP contribution in [0.1, 0.15) is 37.7 Å². The smallest absolute Gasteiger partial charge is 0.303 e. The number of allylic oxidation sites excluding steroid dienone is 2. The molecule has 3 aromatic carbocycles. The standard InChI is InChI=1S/C31H31Cl2NO6S/c32-23-16-25(33)30(37)27(17-23)41(38,39)34-29-24(10-6-1-2-7-11-28(35)36)31(18-26(29)40-19-31)22-14-12-21(13-15-22)20-8-4-3-5-9-20/h1,3-6,8-9,12-17,24,26,29,34,37H,2,7,10-11,18-19H2,(H,35,36)/t24-,26-,29-,31-/m0/s1. The molecule has 1 heterocycles. The molecule has 7 nitrogen and oxygen atoms in total. The van der Waals surface area contributed by atoms with E-state index < -0.39 is 33.2 Å². The van der Waals surface area contributed by atoms with Crippen LogP contribution in [0.4, 0.5) is 0 Å².